The number of hydrogen-bond acceptors (Lipinski definition) is 3. The Morgan fingerprint density at radius 1 is 1.13 bits per heavy atom. The number of fused-ring (bicyclic) bond motifs is 1. The van der Waals surface area contributed by atoms with E-state index in [4.69, 9.17) is 0 Å². The summed E-state index contributed by atoms with van der Waals surface area (Å²) in [5.74, 6) is 0.311. The van der Waals surface area contributed by atoms with Gasteiger partial charge in [0, 0.05) is 12.1 Å². The number of likely N-dealkylation sites (N-methyl/N-ethyl adjacent to an activating group) is 1. The second-order valence-electron chi connectivity index (χ2n) is 5.77. The highest BCUT2D eigenvalue weighted by Gasteiger charge is 2.11. The van der Waals surface area contributed by atoms with Gasteiger partial charge in [0.2, 0.25) is 5.95 Å². The molecule has 1 heterocycles. The highest BCUT2D eigenvalue weighted by molar-refractivity contribution is 6.04. The van der Waals surface area contributed by atoms with Crippen LogP contribution in [0.4, 0.5) is 5.95 Å². The molecule has 0 spiro atoms. The van der Waals surface area contributed by atoms with Gasteiger partial charge < -0.3 is 9.88 Å². The first-order valence-corrected chi connectivity index (χ1v) is 7.62. The number of hydrogen-bond donors (Lipinski definition) is 2. The van der Waals surface area contributed by atoms with Crippen molar-refractivity contribution in [2.75, 3.05) is 26.0 Å². The first-order chi connectivity index (χ1) is 11.1. The number of imidazole rings is 1. The number of rotatable bonds is 5. The van der Waals surface area contributed by atoms with E-state index in [9.17, 15) is 4.79 Å². The Kier molecular flexibility index (Phi) is 4.39. The van der Waals surface area contributed by atoms with Crippen molar-refractivity contribution in [3.05, 3.63) is 59.7 Å². The zero-order valence-corrected chi connectivity index (χ0v) is 13.3. The van der Waals surface area contributed by atoms with E-state index in [1.165, 1.54) is 5.56 Å². The van der Waals surface area contributed by atoms with Gasteiger partial charge in [0.15, 0.2) is 0 Å². The molecule has 0 aliphatic carbocycles. The van der Waals surface area contributed by atoms with E-state index < -0.39 is 0 Å². The molecule has 0 bridgehead atoms. The van der Waals surface area contributed by atoms with E-state index in [1.807, 2.05) is 30.3 Å². The summed E-state index contributed by atoms with van der Waals surface area (Å²) in [6, 6.07) is 15.2. The molecule has 3 aromatic rings. The number of nitrogens with one attached hydrogen (secondary N) is 2. The lowest BCUT2D eigenvalue weighted by atomic mass is 10.1. The molecule has 0 saturated heterocycles. The molecule has 23 heavy (non-hydrogen) atoms. The van der Waals surface area contributed by atoms with E-state index in [0.717, 1.165) is 24.0 Å². The number of para-hydroxylation sites is 1. The number of amides is 1. The third-order valence-electron chi connectivity index (χ3n) is 3.69. The van der Waals surface area contributed by atoms with Crippen molar-refractivity contribution in [2.45, 2.75) is 6.42 Å². The highest BCUT2D eigenvalue weighted by Crippen LogP contribution is 2.19. The molecule has 2 N–H and O–H groups in total. The van der Waals surface area contributed by atoms with Gasteiger partial charge in [-0.2, -0.15) is 0 Å². The molecule has 5 heteroatoms. The summed E-state index contributed by atoms with van der Waals surface area (Å²) in [4.78, 5) is 22.1. The lowest BCUT2D eigenvalue weighted by Crippen LogP contribution is -2.15. The van der Waals surface area contributed by atoms with Gasteiger partial charge in [0.05, 0.1) is 11.0 Å². The maximum absolute atomic E-state index is 12.2. The zero-order valence-electron chi connectivity index (χ0n) is 13.3. The second-order valence-corrected chi connectivity index (χ2v) is 5.77. The SMILES string of the molecule is CN(C)CCc1cccc2[nH]c(NC(=O)c3ccccc3)nc12. The van der Waals surface area contributed by atoms with E-state index >= 15 is 0 Å². The molecular formula is C18H20N4O. The first-order valence-electron chi connectivity index (χ1n) is 7.62. The van der Waals surface area contributed by atoms with Crippen molar-refractivity contribution >= 4 is 22.9 Å². The van der Waals surface area contributed by atoms with Crippen LogP contribution >= 0.6 is 0 Å². The molecule has 0 radical (unpaired) electrons. The Balaban J connectivity index is 1.83. The summed E-state index contributed by atoms with van der Waals surface area (Å²) < 4.78 is 0. The molecule has 0 unspecified atom stereocenters. The molecule has 118 valence electrons. The average molecular weight is 308 g/mol. The summed E-state index contributed by atoms with van der Waals surface area (Å²) in [5.41, 5.74) is 3.63. The normalized spacial score (nSPS) is 11.1. The van der Waals surface area contributed by atoms with Crippen LogP contribution in [0.3, 0.4) is 0 Å². The van der Waals surface area contributed by atoms with Crippen molar-refractivity contribution in [1.82, 2.24) is 14.9 Å². The van der Waals surface area contributed by atoms with E-state index in [1.54, 1.807) is 12.1 Å². The van der Waals surface area contributed by atoms with Crippen LogP contribution < -0.4 is 5.32 Å². The molecule has 0 saturated carbocycles. The Morgan fingerprint density at radius 3 is 2.65 bits per heavy atom. The third-order valence-corrected chi connectivity index (χ3v) is 3.69. The predicted octanol–water partition coefficient (Wildman–Crippen LogP) is 2.92. The predicted molar refractivity (Wildman–Crippen MR) is 92.7 cm³/mol. The number of benzene rings is 2. The number of carbonyl (C=O) groups excluding carboxylic acids is 1. The van der Waals surface area contributed by atoms with Crippen LogP contribution in [-0.2, 0) is 6.42 Å². The first kappa shape index (κ1) is 15.2. The van der Waals surface area contributed by atoms with E-state index in [-0.39, 0.29) is 5.91 Å². The fraction of sp³-hybridized carbons (Fsp3) is 0.222. The minimum absolute atomic E-state index is 0.167. The Morgan fingerprint density at radius 2 is 1.91 bits per heavy atom. The quantitative estimate of drug-likeness (QED) is 0.762. The van der Waals surface area contributed by atoms with Crippen LogP contribution in [0.2, 0.25) is 0 Å². The van der Waals surface area contributed by atoms with Gasteiger partial charge >= 0.3 is 0 Å². The van der Waals surface area contributed by atoms with Gasteiger partial charge in [-0.1, -0.05) is 30.3 Å². The molecular weight excluding hydrogens is 288 g/mol. The highest BCUT2D eigenvalue weighted by atomic mass is 16.1. The Labute approximate surface area is 135 Å². The van der Waals surface area contributed by atoms with Crippen LogP contribution in [-0.4, -0.2) is 41.4 Å². The number of nitrogens with zero attached hydrogens (tertiary/aromatic N) is 2. The summed E-state index contributed by atoms with van der Waals surface area (Å²) >= 11 is 0. The average Bonchev–Trinajstić information content (AvgIpc) is 2.96. The number of anilines is 1. The molecule has 1 amide bonds. The smallest absolute Gasteiger partial charge is 0.257 e. The maximum Gasteiger partial charge on any atom is 0.257 e. The Bertz CT molecular complexity index is 808. The summed E-state index contributed by atoms with van der Waals surface area (Å²) in [6.07, 6.45) is 0.918. The lowest BCUT2D eigenvalue weighted by molar-refractivity contribution is 0.102. The van der Waals surface area contributed by atoms with Gasteiger partial charge in [-0.25, -0.2) is 4.98 Å². The van der Waals surface area contributed by atoms with Gasteiger partial charge in [-0.3, -0.25) is 10.1 Å². The second kappa shape index (κ2) is 6.62. The van der Waals surface area contributed by atoms with Crippen molar-refractivity contribution in [2.24, 2.45) is 0 Å². The Hall–Kier alpha value is -2.66. The fourth-order valence-electron chi connectivity index (χ4n) is 2.47. The number of aromatic nitrogens is 2. The summed E-state index contributed by atoms with van der Waals surface area (Å²) in [7, 11) is 4.10. The molecule has 0 fully saturated rings. The topological polar surface area (TPSA) is 61.0 Å². The van der Waals surface area contributed by atoms with Crippen LogP contribution in [0.15, 0.2) is 48.5 Å². The van der Waals surface area contributed by atoms with Crippen molar-refractivity contribution in [3.63, 3.8) is 0 Å². The van der Waals surface area contributed by atoms with Crippen LogP contribution in [0.1, 0.15) is 15.9 Å². The molecule has 0 aliphatic heterocycles. The number of aromatic amines is 1. The largest absolute Gasteiger partial charge is 0.324 e. The zero-order chi connectivity index (χ0) is 16.2. The number of H-pyrrole nitrogens is 1. The fourth-order valence-corrected chi connectivity index (χ4v) is 2.47. The van der Waals surface area contributed by atoms with Crippen LogP contribution in [0, 0.1) is 0 Å². The molecule has 0 atom stereocenters. The van der Waals surface area contributed by atoms with Gasteiger partial charge in [0.25, 0.3) is 5.91 Å². The van der Waals surface area contributed by atoms with Gasteiger partial charge in [-0.15, -0.1) is 0 Å². The minimum Gasteiger partial charge on any atom is -0.324 e. The van der Waals surface area contributed by atoms with Crippen LogP contribution in [0.5, 0.6) is 0 Å². The van der Waals surface area contributed by atoms with E-state index in [2.05, 4.69) is 40.3 Å². The van der Waals surface area contributed by atoms with Crippen molar-refractivity contribution < 1.29 is 4.79 Å². The summed E-state index contributed by atoms with van der Waals surface area (Å²) in [5, 5.41) is 2.82. The summed E-state index contributed by atoms with van der Waals surface area (Å²) in [6.45, 7) is 0.956. The molecule has 3 rings (SSSR count). The monoisotopic (exact) mass is 308 g/mol. The minimum atomic E-state index is -0.167. The molecule has 1 aromatic heterocycles. The number of carbonyl (C=O) groups is 1. The van der Waals surface area contributed by atoms with Crippen molar-refractivity contribution in [3.8, 4) is 0 Å². The lowest BCUT2D eigenvalue weighted by Gasteiger charge is -2.09. The molecule has 2 aromatic carbocycles. The van der Waals surface area contributed by atoms with Crippen molar-refractivity contribution in [1.29, 1.82) is 0 Å². The van der Waals surface area contributed by atoms with E-state index in [0.29, 0.717) is 11.5 Å². The molecule has 5 nitrogen and oxygen atoms in total. The maximum atomic E-state index is 12.2. The van der Waals surface area contributed by atoms with Gasteiger partial charge in [-0.05, 0) is 44.3 Å². The molecule has 0 aliphatic rings. The van der Waals surface area contributed by atoms with Gasteiger partial charge in [0.1, 0.15) is 0 Å². The standard InChI is InChI=1S/C18H20N4O/c1-22(2)12-11-13-9-6-10-15-16(13)20-18(19-15)21-17(23)14-7-4-3-5-8-14/h3-10H,11-12H2,1-2H3,(H2,19,20,21,23). The third kappa shape index (κ3) is 3.57. The van der Waals surface area contributed by atoms with Crippen LogP contribution in [0.25, 0.3) is 11.0 Å².